The van der Waals surface area contributed by atoms with Gasteiger partial charge in [-0.3, -0.25) is 0 Å². The molecule has 0 fully saturated rings. The highest BCUT2D eigenvalue weighted by atomic mass is 19.2. The number of halogens is 2. The van der Waals surface area contributed by atoms with Gasteiger partial charge in [-0.1, -0.05) is 6.92 Å². The molecule has 0 aliphatic carbocycles. The molecule has 80 valence electrons. The number of hydrogen-bond acceptors (Lipinski definition) is 1. The Morgan fingerprint density at radius 3 is 2.60 bits per heavy atom. The molecule has 1 aromatic heterocycles. The summed E-state index contributed by atoms with van der Waals surface area (Å²) in [6.07, 6.45) is 0.936. The van der Waals surface area contributed by atoms with Crippen LogP contribution in [0.25, 0.3) is 11.0 Å². The van der Waals surface area contributed by atoms with Crippen LogP contribution in [0.1, 0.15) is 19.2 Å². The fourth-order valence-electron chi connectivity index (χ4n) is 1.75. The van der Waals surface area contributed by atoms with Crippen molar-refractivity contribution in [3.8, 4) is 0 Å². The smallest absolute Gasteiger partial charge is 0.161 e. The van der Waals surface area contributed by atoms with Gasteiger partial charge in [0.25, 0.3) is 0 Å². The summed E-state index contributed by atoms with van der Waals surface area (Å²) >= 11 is 0. The normalized spacial score (nSPS) is 11.2. The lowest BCUT2D eigenvalue weighted by Gasteiger charge is -2.03. The van der Waals surface area contributed by atoms with Crippen molar-refractivity contribution < 1.29 is 8.78 Å². The Balaban J connectivity index is 2.70. The first-order valence-electron chi connectivity index (χ1n) is 4.95. The monoisotopic (exact) mass is 210 g/mol. The molecule has 2 nitrogen and oxygen atoms in total. The topological polar surface area (TPSA) is 17.8 Å². The zero-order chi connectivity index (χ0) is 11.0. The van der Waals surface area contributed by atoms with E-state index >= 15 is 0 Å². The maximum absolute atomic E-state index is 13.1. The van der Waals surface area contributed by atoms with E-state index in [1.165, 1.54) is 6.07 Å². The molecular formula is C11H12F2N2. The number of nitrogens with zero attached hydrogens (tertiary/aromatic N) is 2. The highest BCUT2D eigenvalue weighted by molar-refractivity contribution is 5.76. The SMILES string of the molecule is CCCn1c(C)nc2cc(F)c(F)cc21. The predicted molar refractivity (Wildman–Crippen MR) is 54.7 cm³/mol. The number of aryl methyl sites for hydroxylation is 2. The Morgan fingerprint density at radius 2 is 1.93 bits per heavy atom. The number of imidazole rings is 1. The van der Waals surface area contributed by atoms with Crippen molar-refractivity contribution in [1.82, 2.24) is 9.55 Å². The highest BCUT2D eigenvalue weighted by Gasteiger charge is 2.11. The van der Waals surface area contributed by atoms with Gasteiger partial charge in [0.1, 0.15) is 5.82 Å². The van der Waals surface area contributed by atoms with Gasteiger partial charge < -0.3 is 4.57 Å². The van der Waals surface area contributed by atoms with E-state index in [0.717, 1.165) is 24.9 Å². The van der Waals surface area contributed by atoms with Crippen LogP contribution in [0.3, 0.4) is 0 Å². The van der Waals surface area contributed by atoms with Crippen molar-refractivity contribution in [3.05, 3.63) is 29.6 Å². The van der Waals surface area contributed by atoms with Gasteiger partial charge in [-0.25, -0.2) is 13.8 Å². The van der Waals surface area contributed by atoms with Crippen LogP contribution in [0, 0.1) is 18.6 Å². The maximum atomic E-state index is 13.1. The zero-order valence-electron chi connectivity index (χ0n) is 8.72. The molecule has 0 amide bonds. The van der Waals surface area contributed by atoms with E-state index in [1.807, 2.05) is 18.4 Å². The average Bonchev–Trinajstić information content (AvgIpc) is 2.46. The van der Waals surface area contributed by atoms with Crippen molar-refractivity contribution in [2.45, 2.75) is 26.8 Å². The van der Waals surface area contributed by atoms with Gasteiger partial charge in [-0.05, 0) is 13.3 Å². The summed E-state index contributed by atoms with van der Waals surface area (Å²) in [5.41, 5.74) is 1.17. The lowest BCUT2D eigenvalue weighted by atomic mass is 10.3. The summed E-state index contributed by atoms with van der Waals surface area (Å²) in [6.45, 7) is 4.64. The Labute approximate surface area is 86.5 Å². The molecule has 0 spiro atoms. The summed E-state index contributed by atoms with van der Waals surface area (Å²) in [5.74, 6) is -0.875. The van der Waals surface area contributed by atoms with Crippen molar-refractivity contribution in [3.63, 3.8) is 0 Å². The third-order valence-corrected chi connectivity index (χ3v) is 2.43. The minimum atomic E-state index is -0.844. The first-order chi connectivity index (χ1) is 7.13. The van der Waals surface area contributed by atoms with Crippen LogP contribution < -0.4 is 0 Å². The van der Waals surface area contributed by atoms with Crippen molar-refractivity contribution in [2.24, 2.45) is 0 Å². The van der Waals surface area contributed by atoms with Gasteiger partial charge in [0.15, 0.2) is 11.6 Å². The van der Waals surface area contributed by atoms with Crippen molar-refractivity contribution in [2.75, 3.05) is 0 Å². The maximum Gasteiger partial charge on any atom is 0.161 e. The first kappa shape index (κ1) is 10.1. The first-order valence-corrected chi connectivity index (χ1v) is 4.95. The van der Waals surface area contributed by atoms with Crippen LogP contribution in [0.5, 0.6) is 0 Å². The molecule has 0 radical (unpaired) electrons. The van der Waals surface area contributed by atoms with Gasteiger partial charge >= 0.3 is 0 Å². The second-order valence-corrected chi connectivity index (χ2v) is 3.57. The fourth-order valence-corrected chi connectivity index (χ4v) is 1.75. The van der Waals surface area contributed by atoms with Crippen LogP contribution in [-0.4, -0.2) is 9.55 Å². The van der Waals surface area contributed by atoms with E-state index in [9.17, 15) is 8.78 Å². The molecule has 2 rings (SSSR count). The average molecular weight is 210 g/mol. The van der Waals surface area contributed by atoms with Gasteiger partial charge in [0.2, 0.25) is 0 Å². The van der Waals surface area contributed by atoms with E-state index in [0.29, 0.717) is 11.0 Å². The minimum Gasteiger partial charge on any atom is -0.328 e. The van der Waals surface area contributed by atoms with Crippen LogP contribution >= 0.6 is 0 Å². The van der Waals surface area contributed by atoms with E-state index in [4.69, 9.17) is 0 Å². The van der Waals surface area contributed by atoms with E-state index in [1.54, 1.807) is 0 Å². The van der Waals surface area contributed by atoms with Crippen LogP contribution in [0.4, 0.5) is 8.78 Å². The molecule has 0 N–H and O–H groups in total. The Kier molecular flexibility index (Phi) is 2.42. The number of aromatic nitrogens is 2. The van der Waals surface area contributed by atoms with Crippen LogP contribution in [0.15, 0.2) is 12.1 Å². The van der Waals surface area contributed by atoms with Crippen molar-refractivity contribution >= 4 is 11.0 Å². The molecule has 0 aliphatic heterocycles. The Hall–Kier alpha value is -1.45. The summed E-state index contributed by atoms with van der Waals surface area (Å²) in [4.78, 5) is 4.19. The van der Waals surface area contributed by atoms with Crippen LogP contribution in [0.2, 0.25) is 0 Å². The minimum absolute atomic E-state index is 0.514. The molecule has 2 aromatic rings. The summed E-state index contributed by atoms with van der Waals surface area (Å²) < 4.78 is 27.9. The zero-order valence-corrected chi connectivity index (χ0v) is 8.72. The fraction of sp³-hybridized carbons (Fsp3) is 0.364. The number of benzene rings is 1. The number of rotatable bonds is 2. The lowest BCUT2D eigenvalue weighted by molar-refractivity contribution is 0.510. The molecule has 0 unspecified atom stereocenters. The molecular weight excluding hydrogens is 198 g/mol. The summed E-state index contributed by atoms with van der Waals surface area (Å²) in [7, 11) is 0. The van der Waals surface area contributed by atoms with E-state index < -0.39 is 11.6 Å². The molecule has 0 saturated heterocycles. The van der Waals surface area contributed by atoms with Gasteiger partial charge in [0, 0.05) is 18.7 Å². The van der Waals surface area contributed by atoms with Gasteiger partial charge in [-0.2, -0.15) is 0 Å². The molecule has 1 aromatic carbocycles. The second-order valence-electron chi connectivity index (χ2n) is 3.57. The molecule has 0 saturated carbocycles. The summed E-state index contributed by atoms with van der Waals surface area (Å²) in [6, 6.07) is 2.35. The van der Waals surface area contributed by atoms with Gasteiger partial charge in [-0.15, -0.1) is 0 Å². The third kappa shape index (κ3) is 1.60. The summed E-state index contributed by atoms with van der Waals surface area (Å²) in [5, 5.41) is 0. The largest absolute Gasteiger partial charge is 0.328 e. The molecule has 15 heavy (non-hydrogen) atoms. The number of hydrogen-bond donors (Lipinski definition) is 0. The third-order valence-electron chi connectivity index (χ3n) is 2.43. The highest BCUT2D eigenvalue weighted by Crippen LogP contribution is 2.19. The predicted octanol–water partition coefficient (Wildman–Crippen LogP) is 3.03. The van der Waals surface area contributed by atoms with Crippen LogP contribution in [-0.2, 0) is 6.54 Å². The Bertz CT molecular complexity index is 503. The molecule has 1 heterocycles. The molecule has 0 atom stereocenters. The van der Waals surface area contributed by atoms with Gasteiger partial charge in [0.05, 0.1) is 11.0 Å². The standard InChI is InChI=1S/C11H12F2N2/c1-3-4-15-7(2)14-10-5-8(12)9(13)6-11(10)15/h5-6H,3-4H2,1-2H3. The molecule has 0 bridgehead atoms. The Morgan fingerprint density at radius 1 is 1.27 bits per heavy atom. The molecule has 0 aliphatic rings. The van der Waals surface area contributed by atoms with E-state index in [-0.39, 0.29) is 0 Å². The lowest BCUT2D eigenvalue weighted by Crippen LogP contribution is -1.99. The second kappa shape index (κ2) is 3.61. The van der Waals surface area contributed by atoms with Crippen molar-refractivity contribution in [1.29, 1.82) is 0 Å². The molecule has 4 heteroatoms. The van der Waals surface area contributed by atoms with E-state index in [2.05, 4.69) is 4.98 Å². The number of fused-ring (bicyclic) bond motifs is 1. The quantitative estimate of drug-likeness (QED) is 0.745.